The lowest BCUT2D eigenvalue weighted by Gasteiger charge is -2.32. The van der Waals surface area contributed by atoms with Crippen molar-refractivity contribution in [3.63, 3.8) is 0 Å². The molecule has 9 heteroatoms. The maximum atomic E-state index is 10.9. The van der Waals surface area contributed by atoms with E-state index in [1.807, 2.05) is 30.3 Å². The van der Waals surface area contributed by atoms with Gasteiger partial charge in [-0.15, -0.1) is 0 Å². The number of fused-ring (bicyclic) bond motifs is 1. The number of amides is 1. The van der Waals surface area contributed by atoms with E-state index in [0.717, 1.165) is 35.4 Å². The maximum absolute atomic E-state index is 10.9. The Kier molecular flexibility index (Phi) is 5.62. The minimum atomic E-state index is -0.725. The van der Waals surface area contributed by atoms with Crippen molar-refractivity contribution in [3.8, 4) is 0 Å². The minimum absolute atomic E-state index is 0.143. The Morgan fingerprint density at radius 3 is 2.79 bits per heavy atom. The van der Waals surface area contributed by atoms with Gasteiger partial charge in [0, 0.05) is 49.9 Å². The van der Waals surface area contributed by atoms with Gasteiger partial charge in [-0.25, -0.2) is 19.7 Å². The van der Waals surface area contributed by atoms with Crippen LogP contribution in [0.4, 0.5) is 16.6 Å². The van der Waals surface area contributed by atoms with E-state index >= 15 is 0 Å². The Hall–Kier alpha value is -3.13. The van der Waals surface area contributed by atoms with Crippen molar-refractivity contribution >= 4 is 40.4 Å². The van der Waals surface area contributed by atoms with Crippen LogP contribution in [0.5, 0.6) is 0 Å². The Bertz CT molecular complexity index is 1020. The monoisotopic (exact) mass is 412 g/mol. The fourth-order valence-corrected chi connectivity index (χ4v) is 3.65. The molecule has 0 unspecified atom stereocenters. The van der Waals surface area contributed by atoms with Crippen molar-refractivity contribution in [2.24, 2.45) is 5.73 Å². The van der Waals surface area contributed by atoms with E-state index in [2.05, 4.69) is 25.2 Å². The molecule has 4 rings (SSSR count). The number of carbonyl (C=O) groups excluding carboxylic acids is 1. The molecule has 1 aliphatic rings. The summed E-state index contributed by atoms with van der Waals surface area (Å²) < 4.78 is 5.10. The summed E-state index contributed by atoms with van der Waals surface area (Å²) in [5.74, 6) is 1.36. The molecule has 1 fully saturated rings. The smallest absolute Gasteiger partial charge is 0.404 e. The number of anilines is 2. The second-order valence-corrected chi connectivity index (χ2v) is 7.24. The number of nitrogens with one attached hydrogen (secondary N) is 1. The lowest BCUT2D eigenvalue weighted by atomic mass is 10.1. The summed E-state index contributed by atoms with van der Waals surface area (Å²) in [6.07, 6.45) is 4.08. The van der Waals surface area contributed by atoms with Gasteiger partial charge in [-0.1, -0.05) is 29.8 Å². The second-order valence-electron chi connectivity index (χ2n) is 6.83. The van der Waals surface area contributed by atoms with Crippen LogP contribution >= 0.6 is 11.6 Å². The highest BCUT2D eigenvalue weighted by Gasteiger charge is 2.23. The maximum Gasteiger partial charge on any atom is 0.404 e. The molecule has 3 N–H and O–H groups in total. The largest absolute Gasteiger partial charge is 0.446 e. The number of nitrogens with two attached hydrogens (primary N) is 1. The van der Waals surface area contributed by atoms with Crippen LogP contribution in [0.1, 0.15) is 18.4 Å². The number of hydrogen-bond donors (Lipinski definition) is 2. The first-order valence-electron chi connectivity index (χ1n) is 9.40. The standard InChI is InChI=1S/C20H21ClN6O2/c21-16-4-2-1-3-13(16)11-24-20-25-12-15-17(26-20)5-8-23-18(15)27-9-6-14(7-10-27)29-19(22)28/h1-5,8,12,14H,6-7,9-11H2,(H2,22,28)(H,24,25,26). The molecule has 1 amide bonds. The number of benzene rings is 1. The number of hydrogen-bond acceptors (Lipinski definition) is 7. The highest BCUT2D eigenvalue weighted by atomic mass is 35.5. The van der Waals surface area contributed by atoms with Gasteiger partial charge in [0.05, 0.1) is 10.9 Å². The quantitative estimate of drug-likeness (QED) is 0.661. The van der Waals surface area contributed by atoms with Gasteiger partial charge in [-0.3, -0.25) is 0 Å². The van der Waals surface area contributed by atoms with Crippen LogP contribution in [-0.2, 0) is 11.3 Å². The molecule has 3 aromatic rings. The Balaban J connectivity index is 1.48. The van der Waals surface area contributed by atoms with E-state index in [4.69, 9.17) is 22.1 Å². The van der Waals surface area contributed by atoms with E-state index in [1.165, 1.54) is 0 Å². The number of nitrogens with zero attached hydrogens (tertiary/aromatic N) is 4. The van der Waals surface area contributed by atoms with Crippen LogP contribution in [0, 0.1) is 0 Å². The molecular formula is C20H21ClN6O2. The van der Waals surface area contributed by atoms with Crippen LogP contribution in [0.2, 0.25) is 5.02 Å². The molecule has 8 nitrogen and oxygen atoms in total. The summed E-state index contributed by atoms with van der Waals surface area (Å²) in [6.45, 7) is 1.98. The van der Waals surface area contributed by atoms with Gasteiger partial charge >= 0.3 is 6.09 Å². The fraction of sp³-hybridized carbons (Fsp3) is 0.300. The molecule has 0 spiro atoms. The lowest BCUT2D eigenvalue weighted by Crippen LogP contribution is -2.39. The zero-order valence-corrected chi connectivity index (χ0v) is 16.5. The third-order valence-corrected chi connectivity index (χ3v) is 5.28. The number of pyridine rings is 1. The van der Waals surface area contributed by atoms with E-state index < -0.39 is 6.09 Å². The van der Waals surface area contributed by atoms with Gasteiger partial charge in [0.2, 0.25) is 5.95 Å². The summed E-state index contributed by atoms with van der Waals surface area (Å²) in [7, 11) is 0. The summed E-state index contributed by atoms with van der Waals surface area (Å²) in [5, 5.41) is 4.80. The van der Waals surface area contributed by atoms with Crippen LogP contribution in [-0.4, -0.2) is 40.2 Å². The zero-order chi connectivity index (χ0) is 20.2. The normalized spacial score (nSPS) is 14.7. The molecule has 1 aromatic carbocycles. The average molecular weight is 413 g/mol. The van der Waals surface area contributed by atoms with Gasteiger partial charge < -0.3 is 20.7 Å². The minimum Gasteiger partial charge on any atom is -0.446 e. The van der Waals surface area contributed by atoms with Crippen LogP contribution in [0.25, 0.3) is 10.9 Å². The van der Waals surface area contributed by atoms with E-state index in [9.17, 15) is 4.79 Å². The molecule has 150 valence electrons. The zero-order valence-electron chi connectivity index (χ0n) is 15.7. The molecule has 1 saturated heterocycles. The third-order valence-electron chi connectivity index (χ3n) is 4.91. The van der Waals surface area contributed by atoms with Gasteiger partial charge in [0.1, 0.15) is 11.9 Å². The fourth-order valence-electron chi connectivity index (χ4n) is 3.45. The van der Waals surface area contributed by atoms with Gasteiger partial charge in [-0.2, -0.15) is 0 Å². The van der Waals surface area contributed by atoms with Crippen molar-refractivity contribution in [2.45, 2.75) is 25.5 Å². The van der Waals surface area contributed by atoms with Crippen molar-refractivity contribution in [1.29, 1.82) is 0 Å². The first kappa shape index (κ1) is 19.2. The highest BCUT2D eigenvalue weighted by Crippen LogP contribution is 2.27. The number of halogens is 1. The predicted molar refractivity (Wildman–Crippen MR) is 112 cm³/mol. The van der Waals surface area contributed by atoms with E-state index in [-0.39, 0.29) is 6.10 Å². The number of aromatic nitrogens is 3. The predicted octanol–water partition coefficient (Wildman–Crippen LogP) is 3.35. The molecule has 0 aliphatic carbocycles. The number of rotatable bonds is 5. The van der Waals surface area contributed by atoms with Crippen molar-refractivity contribution in [3.05, 3.63) is 53.3 Å². The average Bonchev–Trinajstić information content (AvgIpc) is 2.73. The number of carbonyl (C=O) groups is 1. The third kappa shape index (κ3) is 4.48. The van der Waals surface area contributed by atoms with Crippen molar-refractivity contribution in [2.75, 3.05) is 23.3 Å². The van der Waals surface area contributed by atoms with Gasteiger partial charge in [-0.05, 0) is 17.7 Å². The van der Waals surface area contributed by atoms with Crippen LogP contribution < -0.4 is 16.0 Å². The van der Waals surface area contributed by atoms with Crippen LogP contribution in [0.15, 0.2) is 42.7 Å². The molecule has 29 heavy (non-hydrogen) atoms. The van der Waals surface area contributed by atoms with Crippen molar-refractivity contribution in [1.82, 2.24) is 15.0 Å². The van der Waals surface area contributed by atoms with Gasteiger partial charge in [0.25, 0.3) is 0 Å². The Morgan fingerprint density at radius 2 is 2.03 bits per heavy atom. The molecule has 0 saturated carbocycles. The molecule has 3 heterocycles. The number of piperidine rings is 1. The summed E-state index contributed by atoms with van der Waals surface area (Å²) >= 11 is 6.20. The Labute approximate surface area is 173 Å². The topological polar surface area (TPSA) is 106 Å². The molecular weight excluding hydrogens is 392 g/mol. The van der Waals surface area contributed by atoms with E-state index in [1.54, 1.807) is 12.4 Å². The summed E-state index contributed by atoms with van der Waals surface area (Å²) in [4.78, 5) is 26.7. The summed E-state index contributed by atoms with van der Waals surface area (Å²) in [6, 6.07) is 9.53. The molecule has 1 aliphatic heterocycles. The Morgan fingerprint density at radius 1 is 1.24 bits per heavy atom. The molecule has 0 radical (unpaired) electrons. The summed E-state index contributed by atoms with van der Waals surface area (Å²) in [5.41, 5.74) is 6.90. The molecule has 0 atom stereocenters. The first-order chi connectivity index (χ1) is 14.1. The van der Waals surface area contributed by atoms with E-state index in [0.29, 0.717) is 30.4 Å². The molecule has 2 aromatic heterocycles. The number of ether oxygens (including phenoxy) is 1. The van der Waals surface area contributed by atoms with Crippen LogP contribution in [0.3, 0.4) is 0 Å². The van der Waals surface area contributed by atoms with Gasteiger partial charge in [0.15, 0.2) is 0 Å². The molecule has 0 bridgehead atoms. The second kappa shape index (κ2) is 8.48. The number of primary amides is 1. The highest BCUT2D eigenvalue weighted by molar-refractivity contribution is 6.31. The SMILES string of the molecule is NC(=O)OC1CCN(c2nccc3nc(NCc4ccccc4Cl)ncc23)CC1. The first-order valence-corrected chi connectivity index (χ1v) is 9.78. The van der Waals surface area contributed by atoms with Crippen molar-refractivity contribution < 1.29 is 9.53 Å². The lowest BCUT2D eigenvalue weighted by molar-refractivity contribution is 0.0912.